The van der Waals surface area contributed by atoms with E-state index in [2.05, 4.69) is 10.2 Å². The van der Waals surface area contributed by atoms with E-state index in [1.807, 2.05) is 13.8 Å². The number of amides is 1. The van der Waals surface area contributed by atoms with Crippen molar-refractivity contribution in [1.82, 2.24) is 15.1 Å². The number of aromatic nitrogens is 2. The third kappa shape index (κ3) is 2.38. The predicted molar refractivity (Wildman–Crippen MR) is 52.2 cm³/mol. The normalized spacial score (nSPS) is 10.1. The molecule has 4 nitrogen and oxygen atoms in total. The van der Waals surface area contributed by atoms with Crippen LogP contribution in [0.4, 0.5) is 0 Å². The Balaban J connectivity index is 2.78. The summed E-state index contributed by atoms with van der Waals surface area (Å²) in [5.41, 5.74) is 0. The number of rotatable bonds is 3. The highest BCUT2D eigenvalue weighted by atomic mass is 35.5. The smallest absolute Gasteiger partial charge is 0.284 e. The molecular weight excluding hydrogens is 210 g/mol. The zero-order valence-electron chi connectivity index (χ0n) is 7.45. The zero-order valence-corrected chi connectivity index (χ0v) is 9.02. The molecule has 0 aliphatic carbocycles. The zero-order chi connectivity index (χ0) is 9.84. The molecule has 1 heterocycles. The summed E-state index contributed by atoms with van der Waals surface area (Å²) in [5, 5.41) is 7.61. The minimum absolute atomic E-state index is 0.102. The van der Waals surface area contributed by atoms with Crippen molar-refractivity contribution in [3.8, 4) is 0 Å². The van der Waals surface area contributed by atoms with Crippen molar-refractivity contribution in [2.24, 2.45) is 0 Å². The van der Waals surface area contributed by atoms with Crippen molar-refractivity contribution in [3.05, 3.63) is 9.47 Å². The molecule has 0 bridgehead atoms. The van der Waals surface area contributed by atoms with Gasteiger partial charge in [-0.3, -0.25) is 4.79 Å². The van der Waals surface area contributed by atoms with E-state index in [9.17, 15) is 4.79 Å². The highest BCUT2D eigenvalue weighted by molar-refractivity contribution is 7.17. The summed E-state index contributed by atoms with van der Waals surface area (Å²) < 4.78 is 0.301. The van der Waals surface area contributed by atoms with E-state index in [1.165, 1.54) is 0 Å². The van der Waals surface area contributed by atoms with E-state index in [0.717, 1.165) is 11.3 Å². The van der Waals surface area contributed by atoms with Crippen LogP contribution in [0.25, 0.3) is 0 Å². The van der Waals surface area contributed by atoms with Gasteiger partial charge in [0.05, 0.1) is 0 Å². The van der Waals surface area contributed by atoms with Crippen LogP contribution in [0.3, 0.4) is 0 Å². The fourth-order valence-electron chi connectivity index (χ4n) is 0.938. The van der Waals surface area contributed by atoms with Gasteiger partial charge in [-0.05, 0) is 25.4 Å². The first-order chi connectivity index (χ1) is 6.19. The van der Waals surface area contributed by atoms with E-state index in [1.54, 1.807) is 4.90 Å². The Morgan fingerprint density at radius 3 is 2.46 bits per heavy atom. The number of carbonyl (C=O) groups excluding carboxylic acids is 1. The van der Waals surface area contributed by atoms with Gasteiger partial charge in [-0.25, -0.2) is 0 Å². The van der Waals surface area contributed by atoms with Crippen LogP contribution in [-0.2, 0) is 0 Å². The molecule has 0 radical (unpaired) electrons. The van der Waals surface area contributed by atoms with E-state index in [0.29, 0.717) is 22.6 Å². The highest BCUT2D eigenvalue weighted by Gasteiger charge is 2.16. The highest BCUT2D eigenvalue weighted by Crippen LogP contribution is 2.16. The van der Waals surface area contributed by atoms with Crippen LogP contribution in [0, 0.1) is 0 Å². The molecule has 0 spiro atoms. The summed E-state index contributed by atoms with van der Waals surface area (Å²) in [7, 11) is 0. The van der Waals surface area contributed by atoms with Crippen molar-refractivity contribution in [2.45, 2.75) is 13.8 Å². The second-order valence-electron chi connectivity index (χ2n) is 2.34. The van der Waals surface area contributed by atoms with E-state index >= 15 is 0 Å². The molecule has 1 aromatic heterocycles. The fourth-order valence-corrected chi connectivity index (χ4v) is 1.73. The molecule has 0 atom stereocenters. The molecule has 6 heteroatoms. The van der Waals surface area contributed by atoms with Crippen molar-refractivity contribution in [1.29, 1.82) is 0 Å². The molecule has 72 valence electrons. The molecule has 0 N–H and O–H groups in total. The minimum atomic E-state index is -0.102. The van der Waals surface area contributed by atoms with Gasteiger partial charge in [0.1, 0.15) is 0 Å². The van der Waals surface area contributed by atoms with Crippen molar-refractivity contribution < 1.29 is 4.79 Å². The maximum Gasteiger partial charge on any atom is 0.284 e. The van der Waals surface area contributed by atoms with E-state index < -0.39 is 0 Å². The molecule has 1 aromatic rings. The average Bonchev–Trinajstić information content (AvgIpc) is 2.54. The average molecular weight is 220 g/mol. The summed E-state index contributed by atoms with van der Waals surface area (Å²) in [4.78, 5) is 13.3. The largest absolute Gasteiger partial charge is 0.337 e. The Kier molecular flexibility index (Phi) is 3.62. The van der Waals surface area contributed by atoms with Crippen LogP contribution in [-0.4, -0.2) is 34.1 Å². The lowest BCUT2D eigenvalue weighted by Crippen LogP contribution is -2.30. The van der Waals surface area contributed by atoms with Crippen LogP contribution < -0.4 is 0 Å². The molecule has 0 saturated carbocycles. The lowest BCUT2D eigenvalue weighted by molar-refractivity contribution is 0.0772. The molecule has 0 aliphatic rings. The van der Waals surface area contributed by atoms with Gasteiger partial charge >= 0.3 is 0 Å². The molecule has 1 rings (SSSR count). The van der Waals surface area contributed by atoms with Crippen molar-refractivity contribution in [2.75, 3.05) is 13.1 Å². The van der Waals surface area contributed by atoms with Gasteiger partial charge < -0.3 is 4.90 Å². The summed E-state index contributed by atoms with van der Waals surface area (Å²) >= 11 is 6.68. The molecule has 0 fully saturated rings. The Morgan fingerprint density at radius 1 is 1.46 bits per heavy atom. The second-order valence-corrected chi connectivity index (χ2v) is 3.90. The third-order valence-corrected chi connectivity index (χ3v) is 2.64. The maximum absolute atomic E-state index is 11.6. The van der Waals surface area contributed by atoms with Gasteiger partial charge in [0.15, 0.2) is 0 Å². The van der Waals surface area contributed by atoms with Crippen LogP contribution in [0.15, 0.2) is 0 Å². The predicted octanol–water partition coefficient (Wildman–Crippen LogP) is 1.67. The fraction of sp³-hybridized carbons (Fsp3) is 0.571. The maximum atomic E-state index is 11.6. The summed E-state index contributed by atoms with van der Waals surface area (Å²) in [6, 6.07) is 0. The number of hydrogen-bond acceptors (Lipinski definition) is 4. The SMILES string of the molecule is CCN(CC)C(=O)c1nnc(Cl)s1. The van der Waals surface area contributed by atoms with Gasteiger partial charge in [0.2, 0.25) is 9.47 Å². The van der Waals surface area contributed by atoms with E-state index in [-0.39, 0.29) is 5.91 Å². The Hall–Kier alpha value is -0.680. The summed E-state index contributed by atoms with van der Waals surface area (Å²) in [6.07, 6.45) is 0. The minimum Gasteiger partial charge on any atom is -0.337 e. The Labute approximate surface area is 85.5 Å². The first-order valence-electron chi connectivity index (χ1n) is 3.97. The standard InChI is InChI=1S/C7H10ClN3OS/c1-3-11(4-2)6(12)5-9-10-7(8)13-5/h3-4H2,1-2H3. The molecule has 1 amide bonds. The Morgan fingerprint density at radius 2 is 2.08 bits per heavy atom. The van der Waals surface area contributed by atoms with Crippen LogP contribution in [0.5, 0.6) is 0 Å². The first-order valence-corrected chi connectivity index (χ1v) is 5.16. The van der Waals surface area contributed by atoms with Crippen molar-refractivity contribution >= 4 is 28.8 Å². The molecule has 0 unspecified atom stereocenters. The van der Waals surface area contributed by atoms with Crippen LogP contribution in [0.2, 0.25) is 4.47 Å². The van der Waals surface area contributed by atoms with Crippen LogP contribution >= 0.6 is 22.9 Å². The quantitative estimate of drug-likeness (QED) is 0.777. The number of nitrogens with zero attached hydrogens (tertiary/aromatic N) is 3. The number of carbonyl (C=O) groups is 1. The lowest BCUT2D eigenvalue weighted by Gasteiger charge is -2.15. The molecular formula is C7H10ClN3OS. The van der Waals surface area contributed by atoms with Gasteiger partial charge in [0.25, 0.3) is 5.91 Å². The topological polar surface area (TPSA) is 46.1 Å². The Bertz CT molecular complexity index is 298. The monoisotopic (exact) mass is 219 g/mol. The number of hydrogen-bond donors (Lipinski definition) is 0. The van der Waals surface area contributed by atoms with E-state index in [4.69, 9.17) is 11.6 Å². The van der Waals surface area contributed by atoms with Gasteiger partial charge in [-0.1, -0.05) is 11.3 Å². The van der Waals surface area contributed by atoms with Gasteiger partial charge in [-0.15, -0.1) is 10.2 Å². The molecule has 0 aromatic carbocycles. The lowest BCUT2D eigenvalue weighted by atomic mass is 10.5. The first kappa shape index (κ1) is 10.4. The van der Waals surface area contributed by atoms with Crippen molar-refractivity contribution in [3.63, 3.8) is 0 Å². The third-order valence-electron chi connectivity index (χ3n) is 1.63. The molecule has 0 aliphatic heterocycles. The van der Waals surface area contributed by atoms with Crippen LogP contribution in [0.1, 0.15) is 23.6 Å². The van der Waals surface area contributed by atoms with Gasteiger partial charge in [-0.2, -0.15) is 0 Å². The second kappa shape index (κ2) is 4.53. The number of halogens is 1. The summed E-state index contributed by atoms with van der Waals surface area (Å²) in [5.74, 6) is -0.102. The van der Waals surface area contributed by atoms with Gasteiger partial charge in [0, 0.05) is 13.1 Å². The molecule has 0 saturated heterocycles. The summed E-state index contributed by atoms with van der Waals surface area (Å²) in [6.45, 7) is 5.19. The molecule has 13 heavy (non-hydrogen) atoms.